The number of nitrogens with one attached hydrogen (secondary N) is 1. The van der Waals surface area contributed by atoms with Gasteiger partial charge in [0.15, 0.2) is 0 Å². The number of carbonyl (C=O) groups excluding carboxylic acids is 1. The van der Waals surface area contributed by atoms with E-state index in [0.29, 0.717) is 18.1 Å². The van der Waals surface area contributed by atoms with E-state index in [9.17, 15) is 9.18 Å². The van der Waals surface area contributed by atoms with Crippen LogP contribution in [0.15, 0.2) is 53.4 Å². The van der Waals surface area contributed by atoms with Crippen LogP contribution in [-0.2, 0) is 11.3 Å². The second kappa shape index (κ2) is 10.4. The molecule has 1 aliphatic heterocycles. The Morgan fingerprint density at radius 3 is 2.66 bits per heavy atom. The maximum absolute atomic E-state index is 13.2. The van der Waals surface area contributed by atoms with Gasteiger partial charge in [0.2, 0.25) is 5.91 Å². The van der Waals surface area contributed by atoms with E-state index < -0.39 is 0 Å². The Labute approximate surface area is 181 Å². The van der Waals surface area contributed by atoms with Gasteiger partial charge in [-0.15, -0.1) is 11.8 Å². The second-order valence-corrected chi connectivity index (χ2v) is 9.34. The van der Waals surface area contributed by atoms with Crippen LogP contribution in [-0.4, -0.2) is 60.7 Å². The summed E-state index contributed by atoms with van der Waals surface area (Å²) < 4.78 is 13.2. The molecule has 4 nitrogen and oxygen atoms in total. The molecule has 1 heterocycles. The average Bonchev–Trinajstić information content (AvgIpc) is 3.07. The quantitative estimate of drug-likeness (QED) is 0.682. The monoisotopic (exact) mass is 435 g/mol. The van der Waals surface area contributed by atoms with Gasteiger partial charge < -0.3 is 10.2 Å². The number of hydrogen-bond acceptors (Lipinski definition) is 4. The summed E-state index contributed by atoms with van der Waals surface area (Å²) in [5.41, 5.74) is 1.02. The number of thioether (sulfide) groups is 1. The van der Waals surface area contributed by atoms with Gasteiger partial charge in [0.1, 0.15) is 5.82 Å². The van der Waals surface area contributed by atoms with Gasteiger partial charge in [0.25, 0.3) is 0 Å². The minimum atomic E-state index is -0.237. The highest BCUT2D eigenvalue weighted by Gasteiger charge is 2.37. The molecule has 3 rings (SSSR count). The largest absolute Gasteiger partial charge is 0.353 e. The van der Waals surface area contributed by atoms with Crippen LogP contribution in [0.5, 0.6) is 0 Å². The van der Waals surface area contributed by atoms with Crippen molar-refractivity contribution in [2.75, 3.05) is 33.7 Å². The standard InChI is InChI=1S/C22H27ClFN3OS/c1-26(2)12-11-25-22(28)21-13-19(29-18-9-7-17(24)8-10-18)15-27(21)14-16-5-3-4-6-20(16)23/h3-10,19,21H,11-15H2,1-2H3,(H,25,28)/t19-,21-/m0/s1. The number of nitrogens with zero attached hydrogens (tertiary/aromatic N) is 2. The van der Waals surface area contributed by atoms with Gasteiger partial charge >= 0.3 is 0 Å². The zero-order valence-electron chi connectivity index (χ0n) is 16.8. The molecule has 1 fully saturated rings. The van der Waals surface area contributed by atoms with E-state index in [2.05, 4.69) is 10.2 Å². The molecule has 2 aromatic rings. The predicted molar refractivity (Wildman–Crippen MR) is 118 cm³/mol. The van der Waals surface area contributed by atoms with E-state index in [4.69, 9.17) is 11.6 Å². The number of carbonyl (C=O) groups is 1. The molecule has 0 aliphatic carbocycles. The van der Waals surface area contributed by atoms with Gasteiger partial charge in [0, 0.05) is 41.3 Å². The van der Waals surface area contributed by atoms with Crippen LogP contribution < -0.4 is 5.32 Å². The third kappa shape index (κ3) is 6.44. The predicted octanol–water partition coefficient (Wildman–Crippen LogP) is 3.89. The van der Waals surface area contributed by atoms with Gasteiger partial charge in [-0.05, 0) is 56.4 Å². The number of likely N-dealkylation sites (N-methyl/N-ethyl adjacent to an activating group) is 1. The summed E-state index contributed by atoms with van der Waals surface area (Å²) in [7, 11) is 3.97. The summed E-state index contributed by atoms with van der Waals surface area (Å²) in [5.74, 6) is -0.180. The van der Waals surface area contributed by atoms with Crippen LogP contribution in [0.4, 0.5) is 4.39 Å². The van der Waals surface area contributed by atoms with Crippen molar-refractivity contribution in [2.24, 2.45) is 0 Å². The second-order valence-electron chi connectivity index (χ2n) is 7.56. The first-order valence-corrected chi connectivity index (χ1v) is 11.0. The smallest absolute Gasteiger partial charge is 0.237 e. The number of benzene rings is 2. The fraction of sp³-hybridized carbons (Fsp3) is 0.409. The Morgan fingerprint density at radius 1 is 1.24 bits per heavy atom. The number of halogens is 2. The summed E-state index contributed by atoms with van der Waals surface area (Å²) in [6.07, 6.45) is 0.750. The SMILES string of the molecule is CN(C)CCNC(=O)[C@@H]1C[C@H](Sc2ccc(F)cc2)CN1Cc1ccccc1Cl. The Bertz CT molecular complexity index is 818. The lowest BCUT2D eigenvalue weighted by Crippen LogP contribution is -2.44. The van der Waals surface area contributed by atoms with E-state index in [1.807, 2.05) is 43.3 Å². The molecule has 29 heavy (non-hydrogen) atoms. The van der Waals surface area contributed by atoms with Crippen LogP contribution >= 0.6 is 23.4 Å². The molecule has 0 radical (unpaired) electrons. The molecule has 1 amide bonds. The van der Waals surface area contributed by atoms with Gasteiger partial charge in [-0.3, -0.25) is 9.69 Å². The molecule has 1 aliphatic rings. The molecule has 0 saturated carbocycles. The third-order valence-electron chi connectivity index (χ3n) is 4.97. The Balaban J connectivity index is 1.69. The first-order chi connectivity index (χ1) is 13.9. The van der Waals surface area contributed by atoms with Crippen molar-refractivity contribution in [3.05, 3.63) is 64.9 Å². The molecule has 0 unspecified atom stereocenters. The topological polar surface area (TPSA) is 35.6 Å². The lowest BCUT2D eigenvalue weighted by atomic mass is 10.1. The zero-order chi connectivity index (χ0) is 20.8. The van der Waals surface area contributed by atoms with Gasteiger partial charge in [0.05, 0.1) is 6.04 Å². The molecule has 0 aromatic heterocycles. The lowest BCUT2D eigenvalue weighted by molar-refractivity contribution is -0.125. The lowest BCUT2D eigenvalue weighted by Gasteiger charge is -2.24. The molecule has 1 N–H and O–H groups in total. The molecule has 7 heteroatoms. The van der Waals surface area contributed by atoms with Gasteiger partial charge in [-0.25, -0.2) is 4.39 Å². The molecule has 0 bridgehead atoms. The van der Waals surface area contributed by atoms with E-state index in [1.165, 1.54) is 12.1 Å². The number of rotatable bonds is 8. The van der Waals surface area contributed by atoms with E-state index in [0.717, 1.165) is 30.0 Å². The van der Waals surface area contributed by atoms with Crippen LogP contribution in [0.3, 0.4) is 0 Å². The summed E-state index contributed by atoms with van der Waals surface area (Å²) in [6.45, 7) is 2.83. The van der Waals surface area contributed by atoms with Crippen molar-refractivity contribution < 1.29 is 9.18 Å². The van der Waals surface area contributed by atoms with E-state index in [1.54, 1.807) is 23.9 Å². The van der Waals surface area contributed by atoms with Crippen LogP contribution in [0, 0.1) is 5.82 Å². The Hall–Kier alpha value is -1.60. The zero-order valence-corrected chi connectivity index (χ0v) is 18.3. The fourth-order valence-electron chi connectivity index (χ4n) is 3.47. The third-order valence-corrected chi connectivity index (χ3v) is 6.56. The van der Waals surface area contributed by atoms with Crippen molar-refractivity contribution in [3.8, 4) is 0 Å². The van der Waals surface area contributed by atoms with Gasteiger partial charge in [-0.1, -0.05) is 29.8 Å². The number of likely N-dealkylation sites (tertiary alicyclic amines) is 1. The van der Waals surface area contributed by atoms with Crippen molar-refractivity contribution in [2.45, 2.75) is 29.2 Å². The molecule has 1 saturated heterocycles. The maximum Gasteiger partial charge on any atom is 0.237 e. The first-order valence-electron chi connectivity index (χ1n) is 9.74. The number of hydrogen-bond donors (Lipinski definition) is 1. The van der Waals surface area contributed by atoms with Crippen LogP contribution in [0.25, 0.3) is 0 Å². The van der Waals surface area contributed by atoms with Gasteiger partial charge in [-0.2, -0.15) is 0 Å². The summed E-state index contributed by atoms with van der Waals surface area (Å²) in [5, 5.41) is 4.04. The molecule has 2 aromatic carbocycles. The first kappa shape index (κ1) is 22.1. The Kier molecular flexibility index (Phi) is 7.95. The molecular weight excluding hydrogens is 409 g/mol. The summed E-state index contributed by atoms with van der Waals surface area (Å²) in [4.78, 5) is 18.2. The highest BCUT2D eigenvalue weighted by Crippen LogP contribution is 2.34. The average molecular weight is 436 g/mol. The summed E-state index contributed by atoms with van der Waals surface area (Å²) in [6, 6.07) is 14.1. The highest BCUT2D eigenvalue weighted by molar-refractivity contribution is 8.00. The maximum atomic E-state index is 13.2. The van der Waals surface area contributed by atoms with Crippen molar-refractivity contribution >= 4 is 29.3 Å². The van der Waals surface area contributed by atoms with Crippen molar-refractivity contribution in [1.82, 2.24) is 15.1 Å². The molecule has 0 spiro atoms. The fourth-order valence-corrected chi connectivity index (χ4v) is 4.88. The minimum absolute atomic E-state index is 0.0566. The van der Waals surface area contributed by atoms with E-state index >= 15 is 0 Å². The molecule has 2 atom stereocenters. The highest BCUT2D eigenvalue weighted by atomic mass is 35.5. The number of amides is 1. The van der Waals surface area contributed by atoms with Crippen molar-refractivity contribution in [3.63, 3.8) is 0 Å². The summed E-state index contributed by atoms with van der Waals surface area (Å²) >= 11 is 8.05. The minimum Gasteiger partial charge on any atom is -0.353 e. The van der Waals surface area contributed by atoms with Crippen LogP contribution in [0.2, 0.25) is 5.02 Å². The molecular formula is C22H27ClFN3OS. The van der Waals surface area contributed by atoms with Crippen LogP contribution in [0.1, 0.15) is 12.0 Å². The normalized spacial score (nSPS) is 19.6. The Morgan fingerprint density at radius 2 is 1.97 bits per heavy atom. The van der Waals surface area contributed by atoms with Crippen molar-refractivity contribution in [1.29, 1.82) is 0 Å². The molecule has 156 valence electrons. The van der Waals surface area contributed by atoms with E-state index in [-0.39, 0.29) is 23.0 Å².